The van der Waals surface area contributed by atoms with Gasteiger partial charge in [-0.3, -0.25) is 14.0 Å². The number of carbonyl (C=O) groups is 1. The summed E-state index contributed by atoms with van der Waals surface area (Å²) in [4.78, 5) is 30.5. The molecule has 4 rings (SSSR count). The molecule has 0 fully saturated rings. The summed E-state index contributed by atoms with van der Waals surface area (Å²) in [6, 6.07) is 14.3. The first-order valence-corrected chi connectivity index (χ1v) is 9.54. The molecule has 1 N–H and O–H groups in total. The molecule has 0 aliphatic heterocycles. The molecule has 0 saturated carbocycles. The molecule has 0 saturated heterocycles. The predicted octanol–water partition coefficient (Wildman–Crippen LogP) is 4.34. The number of aromatic nitrogens is 2. The highest BCUT2D eigenvalue weighted by Crippen LogP contribution is 2.27. The lowest BCUT2D eigenvalue weighted by atomic mass is 10.2. The Morgan fingerprint density at radius 2 is 2.00 bits per heavy atom. The Bertz CT molecular complexity index is 1230. The number of anilines is 1. The number of ether oxygens (including phenoxy) is 1. The Hall–Kier alpha value is -3.16. The van der Waals surface area contributed by atoms with Crippen molar-refractivity contribution in [2.24, 2.45) is 0 Å². The van der Waals surface area contributed by atoms with Crippen LogP contribution in [-0.2, 0) is 0 Å². The van der Waals surface area contributed by atoms with E-state index in [0.29, 0.717) is 27.1 Å². The molecule has 0 bridgehead atoms. The summed E-state index contributed by atoms with van der Waals surface area (Å²) in [5, 5.41) is 4.89. The second-order valence-electron chi connectivity index (χ2n) is 5.89. The van der Waals surface area contributed by atoms with E-state index < -0.39 is 11.5 Å². The van der Waals surface area contributed by atoms with E-state index in [4.69, 9.17) is 16.3 Å². The molecule has 0 radical (unpaired) electrons. The second-order valence-corrected chi connectivity index (χ2v) is 7.13. The standard InChI is InChI=1S/C20H14ClN3O3S/c1-27-17-8-7-13(9-15(17)21)23-18(25)14-10-22-20-24(19(14)26)16(11-28-20)12-5-3-2-4-6-12/h2-11H,1H3,(H,23,25). The third-order valence-corrected chi connectivity index (χ3v) is 5.30. The summed E-state index contributed by atoms with van der Waals surface area (Å²) in [6.45, 7) is 0. The number of thiazole rings is 1. The van der Waals surface area contributed by atoms with Crippen LogP contribution in [0.3, 0.4) is 0 Å². The number of amides is 1. The van der Waals surface area contributed by atoms with Gasteiger partial charge in [0.2, 0.25) is 0 Å². The topological polar surface area (TPSA) is 72.7 Å². The first-order chi connectivity index (χ1) is 13.6. The molecule has 140 valence electrons. The summed E-state index contributed by atoms with van der Waals surface area (Å²) < 4.78 is 6.55. The van der Waals surface area contributed by atoms with Crippen molar-refractivity contribution in [3.63, 3.8) is 0 Å². The zero-order valence-electron chi connectivity index (χ0n) is 14.7. The lowest BCUT2D eigenvalue weighted by Gasteiger charge is -2.08. The SMILES string of the molecule is COc1ccc(NC(=O)c2cnc3scc(-c4ccccc4)n3c2=O)cc1Cl. The normalized spacial score (nSPS) is 10.8. The Morgan fingerprint density at radius 3 is 2.71 bits per heavy atom. The van der Waals surface area contributed by atoms with Gasteiger partial charge in [-0.25, -0.2) is 4.98 Å². The number of nitrogens with zero attached hydrogens (tertiary/aromatic N) is 2. The summed E-state index contributed by atoms with van der Waals surface area (Å²) in [6.07, 6.45) is 1.30. The maximum absolute atomic E-state index is 13.0. The Morgan fingerprint density at radius 1 is 1.21 bits per heavy atom. The Kier molecular flexibility index (Phi) is 4.85. The third-order valence-electron chi connectivity index (χ3n) is 4.17. The number of carbonyl (C=O) groups excluding carboxylic acids is 1. The summed E-state index contributed by atoms with van der Waals surface area (Å²) in [5.74, 6) is -0.0630. The fourth-order valence-electron chi connectivity index (χ4n) is 2.80. The van der Waals surface area contributed by atoms with Crippen molar-refractivity contribution in [1.29, 1.82) is 0 Å². The lowest BCUT2D eigenvalue weighted by molar-refractivity contribution is 0.102. The Balaban J connectivity index is 1.73. The minimum atomic E-state index is -0.557. The molecule has 2 heterocycles. The third kappa shape index (κ3) is 3.26. The van der Waals surface area contributed by atoms with Crippen LogP contribution in [0.25, 0.3) is 16.2 Å². The predicted molar refractivity (Wildman–Crippen MR) is 111 cm³/mol. The highest BCUT2D eigenvalue weighted by molar-refractivity contribution is 7.15. The number of rotatable bonds is 4. The molecule has 6 nitrogen and oxygen atoms in total. The van der Waals surface area contributed by atoms with Crippen molar-refractivity contribution in [2.45, 2.75) is 0 Å². The first kappa shape index (κ1) is 18.2. The molecular weight excluding hydrogens is 398 g/mol. The molecule has 2 aromatic heterocycles. The average molecular weight is 412 g/mol. The van der Waals surface area contributed by atoms with E-state index in [2.05, 4.69) is 10.3 Å². The molecule has 8 heteroatoms. The quantitative estimate of drug-likeness (QED) is 0.542. The van der Waals surface area contributed by atoms with Crippen LogP contribution in [0.5, 0.6) is 5.75 Å². The smallest absolute Gasteiger partial charge is 0.271 e. The summed E-state index contributed by atoms with van der Waals surface area (Å²) in [7, 11) is 1.51. The number of fused-ring (bicyclic) bond motifs is 1. The van der Waals surface area contributed by atoms with Crippen LogP contribution in [0.15, 0.2) is 64.9 Å². The summed E-state index contributed by atoms with van der Waals surface area (Å²) >= 11 is 7.43. The zero-order valence-corrected chi connectivity index (χ0v) is 16.3. The fraction of sp³-hybridized carbons (Fsp3) is 0.0500. The molecule has 0 aliphatic rings. The van der Waals surface area contributed by atoms with Crippen molar-refractivity contribution in [2.75, 3.05) is 12.4 Å². The van der Waals surface area contributed by atoms with Gasteiger partial charge in [0.05, 0.1) is 17.8 Å². The molecule has 4 aromatic rings. The molecule has 28 heavy (non-hydrogen) atoms. The van der Waals surface area contributed by atoms with Crippen molar-refractivity contribution in [3.8, 4) is 17.0 Å². The van der Waals surface area contributed by atoms with Crippen LogP contribution in [0.2, 0.25) is 5.02 Å². The van der Waals surface area contributed by atoms with Crippen molar-refractivity contribution < 1.29 is 9.53 Å². The molecule has 0 atom stereocenters. The van der Waals surface area contributed by atoms with Crippen molar-refractivity contribution in [3.05, 3.63) is 81.0 Å². The average Bonchev–Trinajstić information content (AvgIpc) is 3.14. The minimum absolute atomic E-state index is 0.0555. The van der Waals surface area contributed by atoms with Gasteiger partial charge < -0.3 is 10.1 Å². The van der Waals surface area contributed by atoms with Crippen LogP contribution >= 0.6 is 22.9 Å². The van der Waals surface area contributed by atoms with Crippen LogP contribution < -0.4 is 15.6 Å². The van der Waals surface area contributed by atoms with E-state index in [9.17, 15) is 9.59 Å². The van der Waals surface area contributed by atoms with Crippen LogP contribution in [0.4, 0.5) is 5.69 Å². The number of hydrogen-bond donors (Lipinski definition) is 1. The van der Waals surface area contributed by atoms with Gasteiger partial charge in [0.15, 0.2) is 4.96 Å². The molecule has 1 amide bonds. The Labute approximate surface area is 169 Å². The zero-order chi connectivity index (χ0) is 19.7. The van der Waals surface area contributed by atoms with Gasteiger partial charge in [0.25, 0.3) is 11.5 Å². The summed E-state index contributed by atoms with van der Waals surface area (Å²) in [5.41, 5.74) is 1.54. The maximum Gasteiger partial charge on any atom is 0.271 e. The fourth-order valence-corrected chi connectivity index (χ4v) is 3.92. The van der Waals surface area contributed by atoms with E-state index in [1.54, 1.807) is 18.2 Å². The monoisotopic (exact) mass is 411 g/mol. The van der Waals surface area contributed by atoms with Gasteiger partial charge in [0.1, 0.15) is 11.3 Å². The van der Waals surface area contributed by atoms with E-state index in [1.165, 1.54) is 29.0 Å². The molecular formula is C20H14ClN3O3S. The second kappa shape index (κ2) is 7.46. The first-order valence-electron chi connectivity index (χ1n) is 8.28. The van der Waals surface area contributed by atoms with E-state index in [-0.39, 0.29) is 5.56 Å². The molecule has 0 aliphatic carbocycles. The number of hydrogen-bond acceptors (Lipinski definition) is 5. The van der Waals surface area contributed by atoms with Crippen LogP contribution in [0.1, 0.15) is 10.4 Å². The van der Waals surface area contributed by atoms with Crippen molar-refractivity contribution in [1.82, 2.24) is 9.38 Å². The van der Waals surface area contributed by atoms with E-state index in [0.717, 1.165) is 5.56 Å². The van der Waals surface area contributed by atoms with Gasteiger partial charge in [-0.2, -0.15) is 0 Å². The van der Waals surface area contributed by atoms with Gasteiger partial charge in [0, 0.05) is 17.3 Å². The van der Waals surface area contributed by atoms with Gasteiger partial charge in [-0.1, -0.05) is 41.9 Å². The van der Waals surface area contributed by atoms with E-state index >= 15 is 0 Å². The highest BCUT2D eigenvalue weighted by atomic mass is 35.5. The van der Waals surface area contributed by atoms with Gasteiger partial charge >= 0.3 is 0 Å². The highest BCUT2D eigenvalue weighted by Gasteiger charge is 2.17. The van der Waals surface area contributed by atoms with Gasteiger partial charge in [-0.15, -0.1) is 11.3 Å². The van der Waals surface area contributed by atoms with Crippen LogP contribution in [-0.4, -0.2) is 22.4 Å². The molecule has 2 aromatic carbocycles. The maximum atomic E-state index is 13.0. The number of methoxy groups -OCH3 is 1. The number of benzene rings is 2. The van der Waals surface area contributed by atoms with E-state index in [1.807, 2.05) is 35.7 Å². The number of halogens is 1. The minimum Gasteiger partial charge on any atom is -0.495 e. The van der Waals surface area contributed by atoms with Crippen LogP contribution in [0, 0.1) is 0 Å². The largest absolute Gasteiger partial charge is 0.495 e. The number of nitrogens with one attached hydrogen (secondary N) is 1. The van der Waals surface area contributed by atoms with Crippen molar-refractivity contribution >= 4 is 39.5 Å². The molecule has 0 unspecified atom stereocenters. The molecule has 0 spiro atoms. The van der Waals surface area contributed by atoms with Gasteiger partial charge in [-0.05, 0) is 23.8 Å². The lowest BCUT2D eigenvalue weighted by Crippen LogP contribution is -2.26.